The largest absolute Gasteiger partial charge is 0.292 e. The van der Waals surface area contributed by atoms with E-state index in [-0.39, 0.29) is 17.9 Å². The predicted octanol–water partition coefficient (Wildman–Crippen LogP) is 4.13. The highest BCUT2D eigenvalue weighted by Gasteiger charge is 2.14. The molecule has 150 valence electrons. The Morgan fingerprint density at radius 2 is 1.45 bits per heavy atom. The molecule has 0 N–H and O–H groups in total. The fourth-order valence-electron chi connectivity index (χ4n) is 3.54. The maximum Gasteiger partial charge on any atom is 0.264 e. The van der Waals surface area contributed by atoms with Gasteiger partial charge >= 0.3 is 0 Å². The highest BCUT2D eigenvalue weighted by molar-refractivity contribution is 5.96. The van der Waals surface area contributed by atoms with Crippen LogP contribution in [0.4, 0.5) is 0 Å². The van der Waals surface area contributed by atoms with Crippen molar-refractivity contribution in [3.8, 4) is 16.8 Å². The Balaban J connectivity index is 1.41. The van der Waals surface area contributed by atoms with Crippen LogP contribution < -0.4 is 5.56 Å². The summed E-state index contributed by atoms with van der Waals surface area (Å²) < 4.78 is 2.94. The molecule has 2 aromatic heterocycles. The van der Waals surface area contributed by atoms with E-state index < -0.39 is 0 Å². The number of Topliss-reactive ketones (excluding diaryl/α,β-unsaturated/α-hetero) is 1. The zero-order valence-corrected chi connectivity index (χ0v) is 16.6. The van der Waals surface area contributed by atoms with Crippen LogP contribution in [0.2, 0.25) is 0 Å². The number of nitrogens with zero attached hydrogens (tertiary/aromatic N) is 4. The summed E-state index contributed by atoms with van der Waals surface area (Å²) in [6.45, 7) is -0.0804. The zero-order chi connectivity index (χ0) is 21.2. The summed E-state index contributed by atoms with van der Waals surface area (Å²) in [5.74, 6) is -0.154. The van der Waals surface area contributed by atoms with E-state index in [0.717, 1.165) is 16.8 Å². The van der Waals surface area contributed by atoms with Gasteiger partial charge in [-0.15, -0.1) is 0 Å². The van der Waals surface area contributed by atoms with Crippen LogP contribution in [0.5, 0.6) is 0 Å². The number of carbonyl (C=O) groups excluding carboxylic acids is 1. The molecule has 0 fully saturated rings. The predicted molar refractivity (Wildman–Crippen MR) is 119 cm³/mol. The zero-order valence-electron chi connectivity index (χ0n) is 16.6. The number of carbonyl (C=O) groups is 1. The first-order valence-corrected chi connectivity index (χ1v) is 9.88. The summed E-state index contributed by atoms with van der Waals surface area (Å²) in [4.78, 5) is 30.1. The van der Waals surface area contributed by atoms with Gasteiger partial charge < -0.3 is 0 Å². The summed E-state index contributed by atoms with van der Waals surface area (Å²) in [6.07, 6.45) is 2.90. The van der Waals surface area contributed by atoms with E-state index in [1.807, 2.05) is 72.8 Å². The molecule has 31 heavy (non-hydrogen) atoms. The van der Waals surface area contributed by atoms with Gasteiger partial charge in [0.15, 0.2) is 11.4 Å². The Kier molecular flexibility index (Phi) is 4.72. The van der Waals surface area contributed by atoms with Gasteiger partial charge in [-0.2, -0.15) is 5.10 Å². The lowest BCUT2D eigenvalue weighted by Gasteiger charge is -2.07. The normalized spacial score (nSPS) is 11.0. The van der Waals surface area contributed by atoms with E-state index in [2.05, 4.69) is 10.1 Å². The van der Waals surface area contributed by atoms with Crippen LogP contribution in [-0.4, -0.2) is 25.1 Å². The molecule has 0 amide bonds. The summed E-state index contributed by atoms with van der Waals surface area (Å²) in [5.41, 5.74) is 3.66. The number of ketones is 1. The van der Waals surface area contributed by atoms with Crippen molar-refractivity contribution in [3.63, 3.8) is 0 Å². The second kappa shape index (κ2) is 7.84. The number of aromatic nitrogens is 4. The Hall–Kier alpha value is -4.32. The minimum Gasteiger partial charge on any atom is -0.292 e. The minimum absolute atomic E-state index is 0.0804. The lowest BCUT2D eigenvalue weighted by molar-refractivity contribution is 0.0970. The first-order valence-electron chi connectivity index (χ1n) is 9.88. The molecule has 6 heteroatoms. The third-order valence-electron chi connectivity index (χ3n) is 5.18. The quantitative estimate of drug-likeness (QED) is 0.412. The molecule has 0 aliphatic rings. The number of hydrogen-bond acceptors (Lipinski definition) is 4. The number of para-hydroxylation sites is 1. The second-order valence-electron chi connectivity index (χ2n) is 7.17. The van der Waals surface area contributed by atoms with Crippen molar-refractivity contribution in [2.45, 2.75) is 6.54 Å². The van der Waals surface area contributed by atoms with Crippen LogP contribution in [0.15, 0.2) is 102 Å². The average molecular weight is 406 g/mol. The molecule has 0 radical (unpaired) electrons. The van der Waals surface area contributed by atoms with E-state index in [9.17, 15) is 9.59 Å². The van der Waals surface area contributed by atoms with E-state index in [1.165, 1.54) is 17.1 Å². The Labute approximate surface area is 178 Å². The second-order valence-corrected chi connectivity index (χ2v) is 7.17. The average Bonchev–Trinajstić information content (AvgIpc) is 3.27. The maximum atomic E-state index is 12.9. The van der Waals surface area contributed by atoms with Crippen molar-refractivity contribution in [1.82, 2.24) is 19.3 Å². The first kappa shape index (κ1) is 18.7. The molecule has 3 aromatic carbocycles. The number of fused-ring (bicyclic) bond motifs is 1. The molecule has 6 nitrogen and oxygen atoms in total. The fourth-order valence-corrected chi connectivity index (χ4v) is 3.54. The first-order chi connectivity index (χ1) is 15.2. The van der Waals surface area contributed by atoms with E-state index in [1.54, 1.807) is 16.8 Å². The lowest BCUT2D eigenvalue weighted by Crippen LogP contribution is -2.24. The van der Waals surface area contributed by atoms with Gasteiger partial charge in [-0.3, -0.25) is 14.2 Å². The monoisotopic (exact) mass is 406 g/mol. The van der Waals surface area contributed by atoms with Crippen molar-refractivity contribution in [3.05, 3.63) is 113 Å². The van der Waals surface area contributed by atoms with Gasteiger partial charge in [-0.05, 0) is 23.3 Å². The molecule has 0 unspecified atom stereocenters. The SMILES string of the molecule is O=C(Cn1cnc2c(cnn2-c2ccccc2)c1=O)c1ccc(-c2ccccc2)cc1. The fraction of sp³-hybridized carbons (Fsp3) is 0.0400. The third kappa shape index (κ3) is 3.55. The number of hydrogen-bond donors (Lipinski definition) is 0. The minimum atomic E-state index is -0.290. The van der Waals surface area contributed by atoms with Gasteiger partial charge in [0.2, 0.25) is 0 Å². The van der Waals surface area contributed by atoms with Crippen LogP contribution >= 0.6 is 0 Å². The molecule has 2 heterocycles. The highest BCUT2D eigenvalue weighted by atomic mass is 16.1. The lowest BCUT2D eigenvalue weighted by atomic mass is 10.0. The molecular weight excluding hydrogens is 388 g/mol. The van der Waals surface area contributed by atoms with Crippen molar-refractivity contribution >= 4 is 16.8 Å². The van der Waals surface area contributed by atoms with Gasteiger partial charge in [-0.25, -0.2) is 9.67 Å². The van der Waals surface area contributed by atoms with Gasteiger partial charge in [-0.1, -0.05) is 72.8 Å². The third-order valence-corrected chi connectivity index (χ3v) is 5.18. The molecule has 0 spiro atoms. The molecule has 0 bridgehead atoms. The van der Waals surface area contributed by atoms with E-state index in [4.69, 9.17) is 0 Å². The van der Waals surface area contributed by atoms with Crippen LogP contribution in [0.25, 0.3) is 27.8 Å². The van der Waals surface area contributed by atoms with Crippen LogP contribution in [0, 0.1) is 0 Å². The summed E-state index contributed by atoms with van der Waals surface area (Å²) >= 11 is 0. The smallest absolute Gasteiger partial charge is 0.264 e. The van der Waals surface area contributed by atoms with Crippen LogP contribution in [-0.2, 0) is 6.54 Å². The van der Waals surface area contributed by atoms with E-state index >= 15 is 0 Å². The van der Waals surface area contributed by atoms with Gasteiger partial charge in [0.05, 0.1) is 18.4 Å². The van der Waals surface area contributed by atoms with Gasteiger partial charge in [0, 0.05) is 5.56 Å². The van der Waals surface area contributed by atoms with Crippen molar-refractivity contribution in [2.75, 3.05) is 0 Å². The highest BCUT2D eigenvalue weighted by Crippen LogP contribution is 2.19. The molecule has 0 aliphatic heterocycles. The Morgan fingerprint density at radius 3 is 2.16 bits per heavy atom. The Morgan fingerprint density at radius 1 is 0.806 bits per heavy atom. The van der Waals surface area contributed by atoms with E-state index in [0.29, 0.717) is 16.6 Å². The van der Waals surface area contributed by atoms with Gasteiger partial charge in [0.1, 0.15) is 11.7 Å². The maximum absolute atomic E-state index is 12.9. The standard InChI is InChI=1S/C25H18N4O2/c30-23(20-13-11-19(12-14-20)18-7-3-1-4-8-18)16-28-17-26-24-22(25(28)31)15-27-29(24)21-9-5-2-6-10-21/h1-15,17H,16H2. The number of benzene rings is 3. The molecule has 0 saturated heterocycles. The topological polar surface area (TPSA) is 69.8 Å². The van der Waals surface area contributed by atoms with Crippen molar-refractivity contribution in [2.24, 2.45) is 0 Å². The van der Waals surface area contributed by atoms with Crippen LogP contribution in [0.1, 0.15) is 10.4 Å². The molecule has 0 saturated carbocycles. The summed E-state index contributed by atoms with van der Waals surface area (Å²) in [5, 5.41) is 4.67. The Bertz CT molecular complexity index is 1420. The molecule has 0 atom stereocenters. The molecular formula is C25H18N4O2. The number of rotatable bonds is 5. The summed E-state index contributed by atoms with van der Waals surface area (Å²) in [6, 6.07) is 26.8. The van der Waals surface area contributed by atoms with Gasteiger partial charge in [0.25, 0.3) is 5.56 Å². The summed E-state index contributed by atoms with van der Waals surface area (Å²) in [7, 11) is 0. The van der Waals surface area contributed by atoms with Crippen molar-refractivity contribution in [1.29, 1.82) is 0 Å². The van der Waals surface area contributed by atoms with Crippen LogP contribution in [0.3, 0.4) is 0 Å². The van der Waals surface area contributed by atoms with Crippen molar-refractivity contribution < 1.29 is 4.79 Å². The molecule has 5 aromatic rings. The molecule has 0 aliphatic carbocycles. The molecule has 5 rings (SSSR count).